The summed E-state index contributed by atoms with van der Waals surface area (Å²) in [5, 5.41) is 0. The van der Waals surface area contributed by atoms with Crippen molar-refractivity contribution in [1.82, 2.24) is 0 Å². The standard InChI is InChI=1S/C13H16O/c1-4-5-6-10-14-13-9-7-8-11(2)12(13)3/h7-9H,6,10H2,1-3H3. The quantitative estimate of drug-likeness (QED) is 0.523. The number of ether oxygens (including phenoxy) is 1. The lowest BCUT2D eigenvalue weighted by Crippen LogP contribution is -1.98. The molecule has 0 N–H and O–H groups in total. The van der Waals surface area contributed by atoms with Gasteiger partial charge in [-0.3, -0.25) is 0 Å². The zero-order chi connectivity index (χ0) is 10.4. The van der Waals surface area contributed by atoms with Crippen LogP contribution in [0.5, 0.6) is 5.75 Å². The van der Waals surface area contributed by atoms with Crippen LogP contribution in [0.3, 0.4) is 0 Å². The van der Waals surface area contributed by atoms with Crippen LogP contribution >= 0.6 is 0 Å². The van der Waals surface area contributed by atoms with E-state index in [0.29, 0.717) is 6.61 Å². The average Bonchev–Trinajstić information content (AvgIpc) is 2.19. The Kier molecular flexibility index (Phi) is 4.07. The second-order valence-electron chi connectivity index (χ2n) is 3.22. The van der Waals surface area contributed by atoms with Gasteiger partial charge in [0.15, 0.2) is 0 Å². The number of aryl methyl sites for hydroxylation is 1. The van der Waals surface area contributed by atoms with Crippen molar-refractivity contribution in [3.63, 3.8) is 0 Å². The van der Waals surface area contributed by atoms with Crippen LogP contribution < -0.4 is 4.74 Å². The molecule has 0 spiro atoms. The molecule has 0 heterocycles. The van der Waals surface area contributed by atoms with Gasteiger partial charge in [-0.25, -0.2) is 0 Å². The van der Waals surface area contributed by atoms with Crippen molar-refractivity contribution in [2.45, 2.75) is 27.2 Å². The van der Waals surface area contributed by atoms with E-state index < -0.39 is 0 Å². The van der Waals surface area contributed by atoms with Crippen LogP contribution in [0, 0.1) is 25.7 Å². The lowest BCUT2D eigenvalue weighted by Gasteiger charge is -2.09. The van der Waals surface area contributed by atoms with Crippen molar-refractivity contribution >= 4 is 0 Å². The van der Waals surface area contributed by atoms with Crippen molar-refractivity contribution in [2.75, 3.05) is 6.61 Å². The SMILES string of the molecule is CC#CCCOc1cccc(C)c1C. The van der Waals surface area contributed by atoms with E-state index in [1.54, 1.807) is 0 Å². The van der Waals surface area contributed by atoms with Gasteiger partial charge in [0.2, 0.25) is 0 Å². The monoisotopic (exact) mass is 188 g/mol. The molecule has 0 aliphatic heterocycles. The molecule has 1 heteroatoms. The van der Waals surface area contributed by atoms with E-state index in [1.165, 1.54) is 11.1 Å². The van der Waals surface area contributed by atoms with Gasteiger partial charge in [0.25, 0.3) is 0 Å². The fraction of sp³-hybridized carbons (Fsp3) is 0.385. The maximum absolute atomic E-state index is 5.62. The second-order valence-corrected chi connectivity index (χ2v) is 3.22. The normalized spacial score (nSPS) is 9.07. The Morgan fingerprint density at radius 3 is 2.79 bits per heavy atom. The van der Waals surface area contributed by atoms with Gasteiger partial charge in [0.1, 0.15) is 5.75 Å². The Hall–Kier alpha value is -1.42. The van der Waals surface area contributed by atoms with Gasteiger partial charge in [0, 0.05) is 6.42 Å². The van der Waals surface area contributed by atoms with E-state index in [9.17, 15) is 0 Å². The number of hydrogen-bond acceptors (Lipinski definition) is 1. The van der Waals surface area contributed by atoms with Gasteiger partial charge < -0.3 is 4.74 Å². The van der Waals surface area contributed by atoms with Crippen LogP contribution in [-0.2, 0) is 0 Å². The topological polar surface area (TPSA) is 9.23 Å². The fourth-order valence-corrected chi connectivity index (χ4v) is 1.22. The second kappa shape index (κ2) is 5.34. The summed E-state index contributed by atoms with van der Waals surface area (Å²) in [7, 11) is 0. The summed E-state index contributed by atoms with van der Waals surface area (Å²) in [5.41, 5.74) is 2.49. The lowest BCUT2D eigenvalue weighted by atomic mass is 10.1. The molecule has 1 aromatic carbocycles. The smallest absolute Gasteiger partial charge is 0.122 e. The van der Waals surface area contributed by atoms with E-state index >= 15 is 0 Å². The van der Waals surface area contributed by atoms with Crippen LogP contribution in [0.1, 0.15) is 24.5 Å². The third-order valence-corrected chi connectivity index (χ3v) is 2.22. The molecule has 14 heavy (non-hydrogen) atoms. The van der Waals surface area contributed by atoms with Gasteiger partial charge >= 0.3 is 0 Å². The Labute approximate surface area is 86.1 Å². The Morgan fingerprint density at radius 2 is 2.07 bits per heavy atom. The third kappa shape index (κ3) is 2.81. The highest BCUT2D eigenvalue weighted by Gasteiger charge is 1.99. The zero-order valence-corrected chi connectivity index (χ0v) is 9.05. The summed E-state index contributed by atoms with van der Waals surface area (Å²) in [5.74, 6) is 6.80. The van der Waals surface area contributed by atoms with Crippen LogP contribution in [0.25, 0.3) is 0 Å². The summed E-state index contributed by atoms with van der Waals surface area (Å²) in [6.07, 6.45) is 0.796. The maximum atomic E-state index is 5.62. The Morgan fingerprint density at radius 1 is 1.29 bits per heavy atom. The van der Waals surface area contributed by atoms with Crippen molar-refractivity contribution < 1.29 is 4.74 Å². The molecule has 0 amide bonds. The molecule has 1 rings (SSSR count). The summed E-state index contributed by atoms with van der Waals surface area (Å²) in [6, 6.07) is 6.11. The highest BCUT2D eigenvalue weighted by molar-refractivity contribution is 5.38. The molecule has 0 fully saturated rings. The zero-order valence-electron chi connectivity index (χ0n) is 9.05. The van der Waals surface area contributed by atoms with Crippen LogP contribution in [-0.4, -0.2) is 6.61 Å². The first-order valence-corrected chi connectivity index (χ1v) is 4.84. The van der Waals surface area contributed by atoms with Crippen LogP contribution in [0.2, 0.25) is 0 Å². The Bertz CT molecular complexity index is 355. The summed E-state index contributed by atoms with van der Waals surface area (Å²) in [6.45, 7) is 6.69. The highest BCUT2D eigenvalue weighted by Crippen LogP contribution is 2.20. The molecule has 1 nitrogen and oxygen atoms in total. The third-order valence-electron chi connectivity index (χ3n) is 2.22. The first-order valence-electron chi connectivity index (χ1n) is 4.84. The fourth-order valence-electron chi connectivity index (χ4n) is 1.22. The molecular formula is C13H16O. The van der Waals surface area contributed by atoms with Crippen molar-refractivity contribution in [2.24, 2.45) is 0 Å². The molecule has 0 unspecified atom stereocenters. The molecule has 0 saturated carbocycles. The van der Waals surface area contributed by atoms with Crippen molar-refractivity contribution in [1.29, 1.82) is 0 Å². The highest BCUT2D eigenvalue weighted by atomic mass is 16.5. The number of benzene rings is 1. The molecule has 0 aromatic heterocycles. The van der Waals surface area contributed by atoms with Gasteiger partial charge in [-0.2, -0.15) is 0 Å². The van der Waals surface area contributed by atoms with Gasteiger partial charge in [-0.1, -0.05) is 12.1 Å². The molecule has 1 aromatic rings. The molecule has 0 saturated heterocycles. The number of rotatable bonds is 3. The van der Waals surface area contributed by atoms with Crippen molar-refractivity contribution in [3.8, 4) is 17.6 Å². The Balaban J connectivity index is 2.57. The molecule has 0 aliphatic carbocycles. The van der Waals surface area contributed by atoms with E-state index in [2.05, 4.69) is 31.8 Å². The molecule has 0 atom stereocenters. The molecule has 0 radical (unpaired) electrons. The van der Waals surface area contributed by atoms with E-state index in [-0.39, 0.29) is 0 Å². The summed E-state index contributed by atoms with van der Waals surface area (Å²) < 4.78 is 5.62. The minimum Gasteiger partial charge on any atom is -0.492 e. The molecule has 0 aliphatic rings. The number of hydrogen-bond donors (Lipinski definition) is 0. The van der Waals surface area contributed by atoms with Gasteiger partial charge in [0.05, 0.1) is 6.61 Å². The summed E-state index contributed by atoms with van der Waals surface area (Å²) >= 11 is 0. The van der Waals surface area contributed by atoms with Crippen LogP contribution in [0.15, 0.2) is 18.2 Å². The minimum atomic E-state index is 0.672. The molecular weight excluding hydrogens is 172 g/mol. The van der Waals surface area contributed by atoms with E-state index in [1.807, 2.05) is 19.1 Å². The minimum absolute atomic E-state index is 0.672. The predicted molar refractivity (Wildman–Crippen MR) is 59.5 cm³/mol. The molecule has 74 valence electrons. The summed E-state index contributed by atoms with van der Waals surface area (Å²) in [4.78, 5) is 0. The predicted octanol–water partition coefficient (Wildman–Crippen LogP) is 3.10. The molecule has 0 bridgehead atoms. The van der Waals surface area contributed by atoms with Crippen molar-refractivity contribution in [3.05, 3.63) is 29.3 Å². The van der Waals surface area contributed by atoms with E-state index in [4.69, 9.17) is 4.74 Å². The van der Waals surface area contributed by atoms with Gasteiger partial charge in [-0.15, -0.1) is 11.8 Å². The largest absolute Gasteiger partial charge is 0.492 e. The first kappa shape index (κ1) is 10.7. The van der Waals surface area contributed by atoms with Crippen LogP contribution in [0.4, 0.5) is 0 Å². The maximum Gasteiger partial charge on any atom is 0.122 e. The van der Waals surface area contributed by atoms with Gasteiger partial charge in [-0.05, 0) is 38.0 Å². The van der Waals surface area contributed by atoms with E-state index in [0.717, 1.165) is 12.2 Å². The average molecular weight is 188 g/mol. The first-order chi connectivity index (χ1) is 6.75. The lowest BCUT2D eigenvalue weighted by molar-refractivity contribution is 0.324.